The van der Waals surface area contributed by atoms with E-state index in [1.807, 2.05) is 0 Å². The Balaban J connectivity index is 2.12. The zero-order chi connectivity index (χ0) is 11.7. The molecule has 1 saturated carbocycles. The van der Waals surface area contributed by atoms with Crippen molar-refractivity contribution in [3.63, 3.8) is 0 Å². The van der Waals surface area contributed by atoms with E-state index in [1.54, 1.807) is 0 Å². The fourth-order valence-electron chi connectivity index (χ4n) is 2.00. The van der Waals surface area contributed by atoms with Crippen LogP contribution >= 0.6 is 15.9 Å². The van der Waals surface area contributed by atoms with E-state index in [1.165, 1.54) is 6.07 Å². The molecule has 0 saturated heterocycles. The summed E-state index contributed by atoms with van der Waals surface area (Å²) < 4.78 is 26.7. The molecule has 0 radical (unpaired) electrons. The molecule has 0 heterocycles. The predicted molar refractivity (Wildman–Crippen MR) is 63.3 cm³/mol. The average molecular weight is 291 g/mol. The van der Waals surface area contributed by atoms with Gasteiger partial charge in [0.1, 0.15) is 11.6 Å². The number of anilines is 1. The van der Waals surface area contributed by atoms with E-state index in [2.05, 4.69) is 21.2 Å². The van der Waals surface area contributed by atoms with Crippen molar-refractivity contribution >= 4 is 21.6 Å². The maximum atomic E-state index is 13.4. The van der Waals surface area contributed by atoms with Gasteiger partial charge < -0.3 is 11.1 Å². The first-order valence-corrected chi connectivity index (χ1v) is 6.02. The van der Waals surface area contributed by atoms with Gasteiger partial charge in [-0.15, -0.1) is 0 Å². The summed E-state index contributed by atoms with van der Waals surface area (Å²) >= 11 is 3.04. The number of hydrogen-bond donors (Lipinski definition) is 2. The molecule has 1 aromatic carbocycles. The lowest BCUT2D eigenvalue weighted by Gasteiger charge is -2.15. The number of halogens is 3. The standard InChI is InChI=1S/C11H13BrF2N2/c12-8-4-11(10(14)5-9(8)13)16-7-2-1-6(15)3-7/h4-7,16H,1-3,15H2. The number of rotatable bonds is 2. The van der Waals surface area contributed by atoms with Gasteiger partial charge >= 0.3 is 0 Å². The lowest BCUT2D eigenvalue weighted by Crippen LogP contribution is -2.21. The summed E-state index contributed by atoms with van der Waals surface area (Å²) in [6.07, 6.45) is 2.70. The molecule has 0 aromatic heterocycles. The normalized spacial score (nSPS) is 24.8. The monoisotopic (exact) mass is 290 g/mol. The van der Waals surface area contributed by atoms with Gasteiger partial charge in [-0.25, -0.2) is 8.78 Å². The third-order valence-electron chi connectivity index (χ3n) is 2.84. The van der Waals surface area contributed by atoms with E-state index in [9.17, 15) is 8.78 Å². The molecule has 1 fully saturated rings. The van der Waals surface area contributed by atoms with Gasteiger partial charge in [-0.2, -0.15) is 0 Å². The van der Waals surface area contributed by atoms with Gasteiger partial charge in [-0.1, -0.05) is 0 Å². The van der Waals surface area contributed by atoms with E-state index in [4.69, 9.17) is 5.73 Å². The van der Waals surface area contributed by atoms with Gasteiger partial charge in [0.05, 0.1) is 10.2 Å². The van der Waals surface area contributed by atoms with Crippen LogP contribution in [0, 0.1) is 11.6 Å². The maximum absolute atomic E-state index is 13.4. The Bertz CT molecular complexity index is 398. The Morgan fingerprint density at radius 1 is 1.25 bits per heavy atom. The molecule has 88 valence electrons. The molecule has 1 aliphatic carbocycles. The molecule has 3 N–H and O–H groups in total. The minimum absolute atomic E-state index is 0.182. The van der Waals surface area contributed by atoms with Crippen LogP contribution in [-0.2, 0) is 0 Å². The van der Waals surface area contributed by atoms with Crippen molar-refractivity contribution in [1.29, 1.82) is 0 Å². The zero-order valence-corrected chi connectivity index (χ0v) is 10.2. The molecule has 0 bridgehead atoms. The molecular formula is C11H13BrF2N2. The lowest BCUT2D eigenvalue weighted by molar-refractivity contribution is 0.578. The van der Waals surface area contributed by atoms with Crippen molar-refractivity contribution < 1.29 is 8.78 Å². The second-order valence-corrected chi connectivity index (χ2v) is 5.01. The summed E-state index contributed by atoms with van der Waals surface area (Å²) in [4.78, 5) is 0. The van der Waals surface area contributed by atoms with Gasteiger partial charge in [0.25, 0.3) is 0 Å². The van der Waals surface area contributed by atoms with E-state index in [0.717, 1.165) is 25.3 Å². The fourth-order valence-corrected chi connectivity index (χ4v) is 2.34. The molecule has 5 heteroatoms. The fraction of sp³-hybridized carbons (Fsp3) is 0.455. The van der Waals surface area contributed by atoms with Crippen molar-refractivity contribution in [2.24, 2.45) is 5.73 Å². The Labute approximate surface area is 101 Å². The summed E-state index contributed by atoms with van der Waals surface area (Å²) in [5.74, 6) is -1.16. The topological polar surface area (TPSA) is 38.0 Å². The molecule has 16 heavy (non-hydrogen) atoms. The number of benzene rings is 1. The van der Waals surface area contributed by atoms with Crippen LogP contribution < -0.4 is 11.1 Å². The molecule has 0 spiro atoms. The second-order valence-electron chi connectivity index (χ2n) is 4.16. The van der Waals surface area contributed by atoms with Crippen LogP contribution in [0.2, 0.25) is 0 Å². The van der Waals surface area contributed by atoms with Crippen LogP contribution in [0.4, 0.5) is 14.5 Å². The molecule has 1 aromatic rings. The zero-order valence-electron chi connectivity index (χ0n) is 8.64. The van der Waals surface area contributed by atoms with Crippen molar-refractivity contribution in [2.45, 2.75) is 31.3 Å². The first-order valence-electron chi connectivity index (χ1n) is 5.23. The van der Waals surface area contributed by atoms with Crippen LogP contribution in [0.15, 0.2) is 16.6 Å². The third kappa shape index (κ3) is 2.52. The van der Waals surface area contributed by atoms with Crippen LogP contribution in [0.1, 0.15) is 19.3 Å². The Hall–Kier alpha value is -0.680. The molecule has 2 unspecified atom stereocenters. The highest BCUT2D eigenvalue weighted by Crippen LogP contribution is 2.27. The highest BCUT2D eigenvalue weighted by Gasteiger charge is 2.22. The Morgan fingerprint density at radius 3 is 2.62 bits per heavy atom. The van der Waals surface area contributed by atoms with Gasteiger partial charge in [0.2, 0.25) is 0 Å². The molecular weight excluding hydrogens is 278 g/mol. The Kier molecular flexibility index (Phi) is 3.44. The summed E-state index contributed by atoms with van der Waals surface area (Å²) in [7, 11) is 0. The Morgan fingerprint density at radius 2 is 2.00 bits per heavy atom. The highest BCUT2D eigenvalue weighted by molar-refractivity contribution is 9.10. The van der Waals surface area contributed by atoms with Crippen molar-refractivity contribution in [1.82, 2.24) is 0 Å². The van der Waals surface area contributed by atoms with Crippen LogP contribution in [0.3, 0.4) is 0 Å². The molecule has 0 amide bonds. The minimum atomic E-state index is -0.592. The van der Waals surface area contributed by atoms with E-state index in [-0.39, 0.29) is 16.6 Å². The van der Waals surface area contributed by atoms with Gasteiger partial charge in [-0.05, 0) is 41.3 Å². The van der Waals surface area contributed by atoms with Crippen LogP contribution in [0.25, 0.3) is 0 Å². The lowest BCUT2D eigenvalue weighted by atomic mass is 10.2. The third-order valence-corrected chi connectivity index (χ3v) is 3.45. The van der Waals surface area contributed by atoms with Crippen LogP contribution in [0.5, 0.6) is 0 Å². The largest absolute Gasteiger partial charge is 0.380 e. The first kappa shape index (κ1) is 11.8. The second kappa shape index (κ2) is 4.67. The number of hydrogen-bond acceptors (Lipinski definition) is 2. The smallest absolute Gasteiger partial charge is 0.149 e. The van der Waals surface area contributed by atoms with Crippen molar-refractivity contribution in [3.8, 4) is 0 Å². The first-order chi connectivity index (χ1) is 7.56. The number of nitrogens with two attached hydrogens (primary N) is 1. The quantitative estimate of drug-likeness (QED) is 0.822. The summed E-state index contributed by atoms with van der Waals surface area (Å²) in [6.45, 7) is 0. The SMILES string of the molecule is NC1CCC(Nc2cc(Br)c(F)cc2F)C1. The summed E-state index contributed by atoms with van der Waals surface area (Å²) in [6, 6.07) is 2.67. The summed E-state index contributed by atoms with van der Waals surface area (Å²) in [5.41, 5.74) is 6.09. The molecule has 1 aliphatic rings. The van der Waals surface area contributed by atoms with Crippen LogP contribution in [-0.4, -0.2) is 12.1 Å². The van der Waals surface area contributed by atoms with Gasteiger partial charge in [0.15, 0.2) is 0 Å². The van der Waals surface area contributed by atoms with Crippen molar-refractivity contribution in [3.05, 3.63) is 28.2 Å². The summed E-state index contributed by atoms with van der Waals surface area (Å²) in [5, 5.41) is 3.06. The molecule has 2 atom stereocenters. The maximum Gasteiger partial charge on any atom is 0.149 e. The van der Waals surface area contributed by atoms with E-state index >= 15 is 0 Å². The highest BCUT2D eigenvalue weighted by atomic mass is 79.9. The minimum Gasteiger partial charge on any atom is -0.380 e. The van der Waals surface area contributed by atoms with E-state index in [0.29, 0.717) is 5.69 Å². The van der Waals surface area contributed by atoms with Gasteiger partial charge in [-0.3, -0.25) is 0 Å². The number of nitrogens with one attached hydrogen (secondary N) is 1. The average Bonchev–Trinajstić information content (AvgIpc) is 2.60. The predicted octanol–water partition coefficient (Wildman–Crippen LogP) is 3.02. The molecule has 0 aliphatic heterocycles. The molecule has 2 rings (SSSR count). The molecule has 2 nitrogen and oxygen atoms in total. The van der Waals surface area contributed by atoms with E-state index < -0.39 is 11.6 Å². The van der Waals surface area contributed by atoms with Crippen molar-refractivity contribution in [2.75, 3.05) is 5.32 Å². The van der Waals surface area contributed by atoms with Gasteiger partial charge in [0, 0.05) is 18.2 Å².